The summed E-state index contributed by atoms with van der Waals surface area (Å²) in [7, 11) is 0. The highest BCUT2D eigenvalue weighted by molar-refractivity contribution is 6.04. The molecule has 0 radical (unpaired) electrons. The Kier molecular flexibility index (Phi) is 7.23. The molecule has 0 bridgehead atoms. The highest BCUT2D eigenvalue weighted by Crippen LogP contribution is 2.62. The number of anilines is 3. The van der Waals surface area contributed by atoms with E-state index in [1.165, 1.54) is 117 Å². The molecule has 12 rings (SSSR count). The third kappa shape index (κ3) is 4.73. The van der Waals surface area contributed by atoms with Crippen molar-refractivity contribution in [3.8, 4) is 55.6 Å². The minimum Gasteiger partial charge on any atom is -0.310 e. The van der Waals surface area contributed by atoms with Crippen LogP contribution in [0.15, 0.2) is 164 Å². The third-order valence-corrected chi connectivity index (χ3v) is 15.5. The predicted molar refractivity (Wildman–Crippen MR) is 257 cm³/mol. The van der Waals surface area contributed by atoms with E-state index < -0.39 is 0 Å². The van der Waals surface area contributed by atoms with Crippen LogP contribution in [0.4, 0.5) is 17.1 Å². The molecule has 0 unspecified atom stereocenters. The molecule has 1 nitrogen and oxygen atoms in total. The van der Waals surface area contributed by atoms with E-state index in [1.54, 1.807) is 0 Å². The SMILES string of the molecule is CC1(C)c2ccccc2-c2ccc(N(c3ccc4c(c3)C(C)(C)c3ccccc3-4)c3ccc4c(c3)C(C)(C)c3cc5c(c(-c6ccccc6)c3-4)-c3ccccc3C5(C)C)cc21. The topological polar surface area (TPSA) is 3.24 Å². The van der Waals surface area contributed by atoms with E-state index in [0.717, 1.165) is 0 Å². The molecule has 0 saturated heterocycles. The van der Waals surface area contributed by atoms with Crippen molar-refractivity contribution in [3.05, 3.63) is 208 Å². The van der Waals surface area contributed by atoms with Crippen LogP contribution in [0, 0.1) is 0 Å². The van der Waals surface area contributed by atoms with Crippen LogP contribution in [0.1, 0.15) is 99.9 Å². The Morgan fingerprint density at radius 3 is 1.08 bits per heavy atom. The fourth-order valence-electron chi connectivity index (χ4n) is 12.2. The minimum absolute atomic E-state index is 0.112. The molecule has 0 spiro atoms. The molecule has 0 atom stereocenters. The lowest BCUT2D eigenvalue weighted by Crippen LogP contribution is -2.20. The van der Waals surface area contributed by atoms with Crippen LogP contribution in [-0.4, -0.2) is 0 Å². The van der Waals surface area contributed by atoms with E-state index in [9.17, 15) is 0 Å². The zero-order chi connectivity index (χ0) is 41.8. The lowest BCUT2D eigenvalue weighted by atomic mass is 9.76. The van der Waals surface area contributed by atoms with E-state index in [2.05, 4.69) is 224 Å². The molecule has 4 aliphatic carbocycles. The lowest BCUT2D eigenvalue weighted by molar-refractivity contribution is 0.639. The quantitative estimate of drug-likeness (QED) is 0.172. The zero-order valence-electron chi connectivity index (χ0n) is 36.5. The van der Waals surface area contributed by atoms with E-state index >= 15 is 0 Å². The monoisotopic (exact) mass is 785 g/mol. The molecule has 61 heavy (non-hydrogen) atoms. The Hall–Kier alpha value is -6.44. The maximum atomic E-state index is 2.58. The van der Waals surface area contributed by atoms with Crippen LogP contribution >= 0.6 is 0 Å². The van der Waals surface area contributed by atoms with Gasteiger partial charge in [0, 0.05) is 38.7 Å². The lowest BCUT2D eigenvalue weighted by Gasteiger charge is -2.31. The summed E-state index contributed by atoms with van der Waals surface area (Å²) in [6, 6.07) is 62.5. The molecular weight excluding hydrogens is 735 g/mol. The molecule has 1 heteroatoms. The summed E-state index contributed by atoms with van der Waals surface area (Å²) < 4.78 is 0. The second-order valence-corrected chi connectivity index (χ2v) is 20.1. The fourth-order valence-corrected chi connectivity index (χ4v) is 12.2. The van der Waals surface area contributed by atoms with Crippen LogP contribution in [0.25, 0.3) is 55.6 Å². The van der Waals surface area contributed by atoms with Gasteiger partial charge in [0.25, 0.3) is 0 Å². The predicted octanol–water partition coefficient (Wildman–Crippen LogP) is 16.0. The number of fused-ring (bicyclic) bond motifs is 12. The van der Waals surface area contributed by atoms with Gasteiger partial charge in [0.2, 0.25) is 0 Å². The number of nitrogens with zero attached hydrogens (tertiary/aromatic N) is 1. The van der Waals surface area contributed by atoms with Crippen molar-refractivity contribution in [1.29, 1.82) is 0 Å². The number of benzene rings is 8. The first kappa shape index (κ1) is 36.4. The molecule has 0 amide bonds. The first-order chi connectivity index (χ1) is 29.3. The van der Waals surface area contributed by atoms with Crippen molar-refractivity contribution in [2.24, 2.45) is 0 Å². The van der Waals surface area contributed by atoms with Gasteiger partial charge in [-0.25, -0.2) is 0 Å². The summed E-state index contributed by atoms with van der Waals surface area (Å²) in [5.74, 6) is 0. The Morgan fingerprint density at radius 2 is 0.590 bits per heavy atom. The Balaban J connectivity index is 1.09. The molecule has 0 N–H and O–H groups in total. The Labute approximate surface area is 361 Å². The van der Waals surface area contributed by atoms with Gasteiger partial charge in [-0.05, 0) is 137 Å². The maximum Gasteiger partial charge on any atom is 0.0465 e. The molecular formula is C60H51N. The van der Waals surface area contributed by atoms with Gasteiger partial charge in [0.1, 0.15) is 0 Å². The van der Waals surface area contributed by atoms with Crippen LogP contribution in [0.2, 0.25) is 0 Å². The van der Waals surface area contributed by atoms with E-state index in [0.29, 0.717) is 0 Å². The summed E-state index contributed by atoms with van der Waals surface area (Å²) >= 11 is 0. The molecule has 0 fully saturated rings. The van der Waals surface area contributed by atoms with Gasteiger partial charge in [-0.2, -0.15) is 0 Å². The number of hydrogen-bond acceptors (Lipinski definition) is 1. The van der Waals surface area contributed by atoms with Crippen molar-refractivity contribution in [2.45, 2.75) is 77.0 Å². The molecule has 0 saturated carbocycles. The van der Waals surface area contributed by atoms with Crippen molar-refractivity contribution < 1.29 is 0 Å². The summed E-state index contributed by atoms with van der Waals surface area (Å²) in [5.41, 5.74) is 27.6. The normalized spacial score (nSPS) is 16.7. The van der Waals surface area contributed by atoms with Crippen LogP contribution in [-0.2, 0) is 21.7 Å². The van der Waals surface area contributed by atoms with Crippen molar-refractivity contribution in [2.75, 3.05) is 4.90 Å². The molecule has 0 heterocycles. The molecule has 0 aromatic heterocycles. The fraction of sp³-hybridized carbons (Fsp3) is 0.200. The third-order valence-electron chi connectivity index (χ3n) is 15.5. The van der Waals surface area contributed by atoms with Gasteiger partial charge in [0.05, 0.1) is 0 Å². The summed E-state index contributed by atoms with van der Waals surface area (Å²) in [4.78, 5) is 2.54. The van der Waals surface area contributed by atoms with Gasteiger partial charge < -0.3 is 4.90 Å². The van der Waals surface area contributed by atoms with Crippen LogP contribution in [0.3, 0.4) is 0 Å². The number of hydrogen-bond donors (Lipinski definition) is 0. The van der Waals surface area contributed by atoms with Crippen molar-refractivity contribution >= 4 is 17.1 Å². The molecule has 4 aliphatic rings. The highest BCUT2D eigenvalue weighted by atomic mass is 15.1. The van der Waals surface area contributed by atoms with Gasteiger partial charge >= 0.3 is 0 Å². The van der Waals surface area contributed by atoms with E-state index in [1.807, 2.05) is 0 Å². The zero-order valence-corrected chi connectivity index (χ0v) is 36.5. The van der Waals surface area contributed by atoms with Gasteiger partial charge in [-0.3, -0.25) is 0 Å². The smallest absolute Gasteiger partial charge is 0.0465 e. The average Bonchev–Trinajstić information content (AvgIpc) is 3.84. The van der Waals surface area contributed by atoms with Crippen LogP contribution in [0.5, 0.6) is 0 Å². The van der Waals surface area contributed by atoms with E-state index in [4.69, 9.17) is 0 Å². The summed E-state index contributed by atoms with van der Waals surface area (Å²) in [6.07, 6.45) is 0. The molecule has 296 valence electrons. The van der Waals surface area contributed by atoms with Gasteiger partial charge in [-0.15, -0.1) is 0 Å². The second kappa shape index (κ2) is 12.1. The average molecular weight is 786 g/mol. The van der Waals surface area contributed by atoms with E-state index in [-0.39, 0.29) is 21.7 Å². The molecule has 8 aromatic carbocycles. The van der Waals surface area contributed by atoms with Crippen LogP contribution < -0.4 is 4.90 Å². The minimum atomic E-state index is -0.237. The standard InChI is InChI=1S/C60H51N/c1-57(2)46-23-15-12-20-40(46)42-29-26-37(32-49(42)57)61(38-27-30-43-41-21-13-16-24-47(41)58(3,4)50(43)33-38)39-28-31-45-51(34-39)60(7,8)53-35-52-55(44-22-14-17-25-48(44)59(52,5)6)54(56(45)53)36-18-10-9-11-19-36/h9-35H,1-8H3. The Bertz CT molecular complexity index is 3080. The van der Waals surface area contributed by atoms with Crippen molar-refractivity contribution in [3.63, 3.8) is 0 Å². The Morgan fingerprint density at radius 1 is 0.262 bits per heavy atom. The van der Waals surface area contributed by atoms with Crippen molar-refractivity contribution in [1.82, 2.24) is 0 Å². The van der Waals surface area contributed by atoms with Gasteiger partial charge in [0.15, 0.2) is 0 Å². The summed E-state index contributed by atoms with van der Waals surface area (Å²) in [5, 5.41) is 0. The van der Waals surface area contributed by atoms with Gasteiger partial charge in [-0.1, -0.05) is 183 Å². The first-order valence-corrected chi connectivity index (χ1v) is 22.1. The molecule has 0 aliphatic heterocycles. The maximum absolute atomic E-state index is 2.58. The number of rotatable bonds is 4. The highest BCUT2D eigenvalue weighted by Gasteiger charge is 2.45. The largest absolute Gasteiger partial charge is 0.310 e. The molecule has 8 aromatic rings. The summed E-state index contributed by atoms with van der Waals surface area (Å²) in [6.45, 7) is 19.3. The second-order valence-electron chi connectivity index (χ2n) is 20.1. The first-order valence-electron chi connectivity index (χ1n) is 22.1.